The van der Waals surface area contributed by atoms with Crippen LogP contribution in [0.15, 0.2) is 42.5 Å². The molecule has 0 fully saturated rings. The molecular formula is C18H16Cl2FN3. The molecule has 0 aliphatic rings. The number of benzene rings is 2. The van der Waals surface area contributed by atoms with Crippen molar-refractivity contribution in [3.63, 3.8) is 0 Å². The Hall–Kier alpha value is -2.06. The lowest BCUT2D eigenvalue weighted by atomic mass is 10.0. The Morgan fingerprint density at radius 3 is 2.75 bits per heavy atom. The molecule has 3 nitrogen and oxygen atoms in total. The quantitative estimate of drug-likeness (QED) is 0.623. The molecule has 0 radical (unpaired) electrons. The highest BCUT2D eigenvalue weighted by Crippen LogP contribution is 2.35. The van der Waals surface area contributed by atoms with Crippen LogP contribution in [-0.2, 0) is 6.54 Å². The third-order valence-corrected chi connectivity index (χ3v) is 3.93. The Balaban J connectivity index is 0.00000208. The molecule has 1 heterocycles. The van der Waals surface area contributed by atoms with Crippen LogP contribution in [-0.4, -0.2) is 11.5 Å². The Kier molecular flexibility index (Phi) is 6.22. The van der Waals surface area contributed by atoms with Gasteiger partial charge in [0.1, 0.15) is 5.82 Å². The molecule has 0 bridgehead atoms. The number of nitriles is 1. The average molecular weight is 364 g/mol. The lowest BCUT2D eigenvalue weighted by molar-refractivity contribution is 0.630. The van der Waals surface area contributed by atoms with Crippen molar-refractivity contribution in [1.82, 2.24) is 10.3 Å². The SMILES string of the molecule is Cl.N#CCCNCc1[nH]c2ccc(Cl)cc2c1-c1ccccc1F. The minimum absolute atomic E-state index is 0. The number of rotatable bonds is 5. The third-order valence-electron chi connectivity index (χ3n) is 3.70. The maximum atomic E-state index is 14.3. The summed E-state index contributed by atoms with van der Waals surface area (Å²) in [5.74, 6) is -0.272. The number of hydrogen-bond acceptors (Lipinski definition) is 2. The average Bonchev–Trinajstić information content (AvgIpc) is 2.89. The topological polar surface area (TPSA) is 51.6 Å². The fraction of sp³-hybridized carbons (Fsp3) is 0.167. The molecule has 0 amide bonds. The first-order chi connectivity index (χ1) is 11.2. The van der Waals surface area contributed by atoms with Crippen molar-refractivity contribution >= 4 is 34.9 Å². The van der Waals surface area contributed by atoms with E-state index in [1.807, 2.05) is 18.2 Å². The van der Waals surface area contributed by atoms with Crippen molar-refractivity contribution in [1.29, 1.82) is 5.26 Å². The molecule has 3 aromatic rings. The zero-order chi connectivity index (χ0) is 16.2. The van der Waals surface area contributed by atoms with Crippen LogP contribution in [0.5, 0.6) is 0 Å². The van der Waals surface area contributed by atoms with Crippen LogP contribution >= 0.6 is 24.0 Å². The van der Waals surface area contributed by atoms with Gasteiger partial charge in [-0.1, -0.05) is 29.8 Å². The molecule has 2 aromatic carbocycles. The first-order valence-electron chi connectivity index (χ1n) is 7.33. The molecule has 0 saturated heterocycles. The predicted molar refractivity (Wildman–Crippen MR) is 97.9 cm³/mol. The summed E-state index contributed by atoms with van der Waals surface area (Å²) in [5.41, 5.74) is 3.14. The maximum absolute atomic E-state index is 14.3. The van der Waals surface area contributed by atoms with Crippen LogP contribution in [0.3, 0.4) is 0 Å². The first-order valence-corrected chi connectivity index (χ1v) is 7.71. The molecule has 0 aliphatic heterocycles. The summed E-state index contributed by atoms with van der Waals surface area (Å²) in [4.78, 5) is 3.32. The monoisotopic (exact) mass is 363 g/mol. The van der Waals surface area contributed by atoms with E-state index in [2.05, 4.69) is 16.4 Å². The fourth-order valence-electron chi connectivity index (χ4n) is 2.68. The second kappa shape index (κ2) is 8.16. The van der Waals surface area contributed by atoms with E-state index in [-0.39, 0.29) is 18.2 Å². The lowest BCUT2D eigenvalue weighted by Gasteiger charge is -2.07. The smallest absolute Gasteiger partial charge is 0.131 e. The zero-order valence-corrected chi connectivity index (χ0v) is 14.3. The van der Waals surface area contributed by atoms with Gasteiger partial charge in [0.25, 0.3) is 0 Å². The van der Waals surface area contributed by atoms with E-state index >= 15 is 0 Å². The van der Waals surface area contributed by atoms with Gasteiger partial charge in [0.15, 0.2) is 0 Å². The zero-order valence-electron chi connectivity index (χ0n) is 12.8. The first kappa shape index (κ1) is 18.3. The molecule has 0 spiro atoms. The summed E-state index contributed by atoms with van der Waals surface area (Å²) in [6.07, 6.45) is 0.432. The number of hydrogen-bond donors (Lipinski definition) is 2. The third kappa shape index (κ3) is 3.70. The van der Waals surface area contributed by atoms with E-state index in [0.717, 1.165) is 22.2 Å². The van der Waals surface area contributed by atoms with Crippen LogP contribution in [0, 0.1) is 17.1 Å². The number of nitrogens with zero attached hydrogens (tertiary/aromatic N) is 1. The van der Waals surface area contributed by atoms with E-state index in [0.29, 0.717) is 30.1 Å². The molecule has 0 unspecified atom stereocenters. The number of nitrogens with one attached hydrogen (secondary N) is 2. The number of fused-ring (bicyclic) bond motifs is 1. The molecule has 0 atom stereocenters. The molecule has 6 heteroatoms. The molecule has 0 saturated carbocycles. The van der Waals surface area contributed by atoms with Crippen LogP contribution in [0.4, 0.5) is 4.39 Å². The Labute approximate surface area is 150 Å². The van der Waals surface area contributed by atoms with Crippen LogP contribution in [0.1, 0.15) is 12.1 Å². The highest BCUT2D eigenvalue weighted by atomic mass is 35.5. The predicted octanol–water partition coefficient (Wildman–Crippen LogP) is 5.05. The number of aromatic nitrogens is 1. The van der Waals surface area contributed by atoms with Crippen LogP contribution in [0.2, 0.25) is 5.02 Å². The van der Waals surface area contributed by atoms with Crippen molar-refractivity contribution in [2.75, 3.05) is 6.54 Å². The molecule has 1 aromatic heterocycles. The summed E-state index contributed by atoms with van der Waals surface area (Å²) < 4.78 is 14.3. The molecule has 124 valence electrons. The number of H-pyrrole nitrogens is 1. The van der Waals surface area contributed by atoms with Crippen molar-refractivity contribution in [3.8, 4) is 17.2 Å². The van der Waals surface area contributed by atoms with Gasteiger partial charge in [0, 0.05) is 52.3 Å². The van der Waals surface area contributed by atoms with Gasteiger partial charge >= 0.3 is 0 Å². The minimum Gasteiger partial charge on any atom is -0.357 e. The van der Waals surface area contributed by atoms with Gasteiger partial charge in [-0.15, -0.1) is 12.4 Å². The fourth-order valence-corrected chi connectivity index (χ4v) is 2.85. The van der Waals surface area contributed by atoms with E-state index in [9.17, 15) is 4.39 Å². The standard InChI is InChI=1S/C18H15ClFN3.ClH/c19-12-6-7-16-14(10-12)18(13-4-1-2-5-15(13)20)17(23-16)11-22-9-3-8-21;/h1-2,4-7,10,22-23H,3,9,11H2;1H. The second-order valence-corrected chi connectivity index (χ2v) is 5.67. The summed E-state index contributed by atoms with van der Waals surface area (Å²) in [6, 6.07) is 14.3. The highest BCUT2D eigenvalue weighted by molar-refractivity contribution is 6.31. The maximum Gasteiger partial charge on any atom is 0.131 e. The van der Waals surface area contributed by atoms with Crippen molar-refractivity contribution in [3.05, 3.63) is 59.0 Å². The van der Waals surface area contributed by atoms with Gasteiger partial charge < -0.3 is 10.3 Å². The summed E-state index contributed by atoms with van der Waals surface area (Å²) >= 11 is 6.11. The van der Waals surface area contributed by atoms with Crippen LogP contribution in [0.25, 0.3) is 22.0 Å². The Bertz CT molecular complexity index is 884. The van der Waals surface area contributed by atoms with E-state index in [1.165, 1.54) is 6.07 Å². The van der Waals surface area contributed by atoms with Gasteiger partial charge in [0.05, 0.1) is 6.07 Å². The second-order valence-electron chi connectivity index (χ2n) is 5.23. The lowest BCUT2D eigenvalue weighted by Crippen LogP contribution is -2.15. The number of halogens is 3. The normalized spacial score (nSPS) is 10.4. The number of aromatic amines is 1. The van der Waals surface area contributed by atoms with Crippen molar-refractivity contribution in [2.24, 2.45) is 0 Å². The summed E-state index contributed by atoms with van der Waals surface area (Å²) in [7, 11) is 0. The van der Waals surface area contributed by atoms with Crippen LogP contribution < -0.4 is 5.32 Å². The van der Waals surface area contributed by atoms with E-state index < -0.39 is 0 Å². The molecule has 3 rings (SSSR count). The molecule has 2 N–H and O–H groups in total. The minimum atomic E-state index is -0.272. The largest absolute Gasteiger partial charge is 0.357 e. The van der Waals surface area contributed by atoms with E-state index in [4.69, 9.17) is 16.9 Å². The summed E-state index contributed by atoms with van der Waals surface area (Å²) in [6.45, 7) is 1.11. The molecular weight excluding hydrogens is 348 g/mol. The molecule has 0 aliphatic carbocycles. The van der Waals surface area contributed by atoms with Gasteiger partial charge in [-0.2, -0.15) is 5.26 Å². The highest BCUT2D eigenvalue weighted by Gasteiger charge is 2.16. The van der Waals surface area contributed by atoms with Crippen molar-refractivity contribution < 1.29 is 4.39 Å². The molecule has 24 heavy (non-hydrogen) atoms. The van der Waals surface area contributed by atoms with Gasteiger partial charge in [-0.05, 0) is 24.3 Å². The van der Waals surface area contributed by atoms with Crippen molar-refractivity contribution in [2.45, 2.75) is 13.0 Å². The Morgan fingerprint density at radius 2 is 2.00 bits per heavy atom. The van der Waals surface area contributed by atoms with E-state index in [1.54, 1.807) is 18.2 Å². The Morgan fingerprint density at radius 1 is 1.21 bits per heavy atom. The summed E-state index contributed by atoms with van der Waals surface area (Å²) in [5, 5.41) is 13.3. The van der Waals surface area contributed by atoms with Gasteiger partial charge in [-0.25, -0.2) is 4.39 Å². The van der Waals surface area contributed by atoms with Gasteiger partial charge in [0.2, 0.25) is 0 Å². The van der Waals surface area contributed by atoms with Gasteiger partial charge in [-0.3, -0.25) is 0 Å².